The molecule has 0 saturated carbocycles. The highest BCUT2D eigenvalue weighted by Gasteiger charge is 2.33. The van der Waals surface area contributed by atoms with Crippen LogP contribution in [0.5, 0.6) is 0 Å². The Balaban J connectivity index is 1.68. The van der Waals surface area contributed by atoms with Gasteiger partial charge in [-0.25, -0.2) is 13.2 Å². The summed E-state index contributed by atoms with van der Waals surface area (Å²) in [6.45, 7) is 5.59. The number of hydrogen-bond acceptors (Lipinski definition) is 5. The van der Waals surface area contributed by atoms with Crippen LogP contribution in [0.3, 0.4) is 0 Å². The Kier molecular flexibility index (Phi) is 5.70. The Bertz CT molecular complexity index is 873. The number of fused-ring (bicyclic) bond motifs is 1. The summed E-state index contributed by atoms with van der Waals surface area (Å²) in [5.74, 6) is -0.745. The number of rotatable bonds is 4. The lowest BCUT2D eigenvalue weighted by atomic mass is 9.97. The Morgan fingerprint density at radius 1 is 1.11 bits per heavy atom. The molecular formula is C20H28N2O5S. The molecule has 1 fully saturated rings. The topological polar surface area (TPSA) is 84.0 Å². The van der Waals surface area contributed by atoms with Gasteiger partial charge in [0.25, 0.3) is 5.91 Å². The van der Waals surface area contributed by atoms with Crippen LogP contribution in [0.15, 0.2) is 18.2 Å². The zero-order chi connectivity index (χ0) is 20.6. The molecule has 1 saturated heterocycles. The van der Waals surface area contributed by atoms with Crippen LogP contribution in [-0.2, 0) is 26.0 Å². The Hall–Kier alpha value is -2.09. The summed E-state index contributed by atoms with van der Waals surface area (Å²) in [6.07, 6.45) is 4.73. The van der Waals surface area contributed by atoms with Crippen LogP contribution in [0.25, 0.3) is 0 Å². The fourth-order valence-electron chi connectivity index (χ4n) is 4.43. The van der Waals surface area contributed by atoms with Gasteiger partial charge in [-0.05, 0) is 70.2 Å². The van der Waals surface area contributed by atoms with Crippen molar-refractivity contribution in [3.8, 4) is 0 Å². The maximum Gasteiger partial charge on any atom is 0.338 e. The number of carbonyl (C=O) groups is 2. The third-order valence-corrected chi connectivity index (χ3v) is 6.91. The summed E-state index contributed by atoms with van der Waals surface area (Å²) in [5, 5.41) is 0. The molecule has 0 aromatic heterocycles. The first-order valence-corrected chi connectivity index (χ1v) is 11.5. The Morgan fingerprint density at radius 3 is 2.36 bits per heavy atom. The summed E-state index contributed by atoms with van der Waals surface area (Å²) in [6, 6.07) is 4.95. The largest absolute Gasteiger partial charge is 0.452 e. The van der Waals surface area contributed by atoms with Crippen molar-refractivity contribution in [2.45, 2.75) is 64.6 Å². The molecule has 2 aliphatic rings. The summed E-state index contributed by atoms with van der Waals surface area (Å²) >= 11 is 0. The monoisotopic (exact) mass is 408 g/mol. The molecule has 1 aromatic carbocycles. The average molecular weight is 409 g/mol. The molecule has 7 nitrogen and oxygen atoms in total. The second-order valence-electron chi connectivity index (χ2n) is 7.96. The first-order chi connectivity index (χ1) is 13.1. The van der Waals surface area contributed by atoms with Crippen LogP contribution < -0.4 is 4.31 Å². The third-order valence-electron chi connectivity index (χ3n) is 5.63. The van der Waals surface area contributed by atoms with E-state index >= 15 is 0 Å². The highest BCUT2D eigenvalue weighted by Crippen LogP contribution is 2.34. The van der Waals surface area contributed by atoms with Crippen molar-refractivity contribution < 1.29 is 22.7 Å². The van der Waals surface area contributed by atoms with Crippen molar-refractivity contribution in [1.29, 1.82) is 0 Å². The molecule has 28 heavy (non-hydrogen) atoms. The van der Waals surface area contributed by atoms with E-state index in [-0.39, 0.29) is 30.6 Å². The van der Waals surface area contributed by atoms with Crippen LogP contribution >= 0.6 is 0 Å². The molecule has 3 atom stereocenters. The molecule has 1 amide bonds. The van der Waals surface area contributed by atoms with E-state index in [0.29, 0.717) is 17.7 Å². The molecule has 0 radical (unpaired) electrons. The van der Waals surface area contributed by atoms with Crippen molar-refractivity contribution in [1.82, 2.24) is 4.90 Å². The van der Waals surface area contributed by atoms with Crippen molar-refractivity contribution in [3.63, 3.8) is 0 Å². The molecular weight excluding hydrogens is 380 g/mol. The molecule has 2 heterocycles. The number of nitrogens with zero attached hydrogens (tertiary/aromatic N) is 2. The Morgan fingerprint density at radius 2 is 1.75 bits per heavy atom. The molecule has 8 heteroatoms. The number of hydrogen-bond donors (Lipinski definition) is 0. The molecule has 3 rings (SSSR count). The van der Waals surface area contributed by atoms with Gasteiger partial charge in [-0.2, -0.15) is 0 Å². The predicted octanol–water partition coefficient (Wildman–Crippen LogP) is 2.34. The van der Waals surface area contributed by atoms with E-state index in [1.54, 1.807) is 18.2 Å². The summed E-state index contributed by atoms with van der Waals surface area (Å²) in [4.78, 5) is 26.8. The highest BCUT2D eigenvalue weighted by atomic mass is 32.2. The van der Waals surface area contributed by atoms with Gasteiger partial charge in [0, 0.05) is 18.1 Å². The van der Waals surface area contributed by atoms with Crippen molar-refractivity contribution in [2.75, 3.05) is 17.2 Å². The maximum atomic E-state index is 12.5. The van der Waals surface area contributed by atoms with Crippen LogP contribution in [0.4, 0.5) is 5.69 Å². The number of piperidine rings is 1. The lowest BCUT2D eigenvalue weighted by Gasteiger charge is -2.38. The normalized spacial score (nSPS) is 24.8. The van der Waals surface area contributed by atoms with Crippen molar-refractivity contribution >= 4 is 27.6 Å². The minimum atomic E-state index is -3.38. The van der Waals surface area contributed by atoms with Gasteiger partial charge >= 0.3 is 5.97 Å². The van der Waals surface area contributed by atoms with Gasteiger partial charge in [0.05, 0.1) is 17.5 Å². The lowest BCUT2D eigenvalue weighted by Crippen LogP contribution is -2.49. The van der Waals surface area contributed by atoms with E-state index in [4.69, 9.17) is 4.74 Å². The fourth-order valence-corrected chi connectivity index (χ4v) is 5.70. The SMILES string of the molecule is C[C@@H]1CCC[C@H](C)N1C(=O)COC(=O)c1ccc2c(c1)C[C@H](C)N2S(C)(=O)=O. The second kappa shape index (κ2) is 7.73. The number of ether oxygens (including phenoxy) is 1. The number of likely N-dealkylation sites (tertiary alicyclic amines) is 1. The number of sulfonamides is 1. The van der Waals surface area contributed by atoms with Crippen LogP contribution in [0.2, 0.25) is 0 Å². The third kappa shape index (κ3) is 4.01. The molecule has 0 N–H and O–H groups in total. The van der Waals surface area contributed by atoms with E-state index in [2.05, 4.69) is 0 Å². The Labute approximate surface area is 166 Å². The minimum absolute atomic E-state index is 0.151. The standard InChI is InChI=1S/C20H28N2O5S/c1-13-6-5-7-14(2)21(13)19(23)12-27-20(24)16-8-9-18-17(11-16)10-15(3)22(18)28(4,25)26/h8-9,11,13-15H,5-7,10,12H2,1-4H3/t13-,14+,15-/m0/s1. The average Bonchev–Trinajstić information content (AvgIpc) is 2.94. The molecule has 0 aliphatic carbocycles. The lowest BCUT2D eigenvalue weighted by molar-refractivity contribution is -0.140. The van der Waals surface area contributed by atoms with E-state index in [9.17, 15) is 18.0 Å². The maximum absolute atomic E-state index is 12.5. The molecule has 2 aliphatic heterocycles. The number of amides is 1. The summed E-state index contributed by atoms with van der Waals surface area (Å²) in [7, 11) is -3.38. The van der Waals surface area contributed by atoms with Crippen LogP contribution in [-0.4, -0.2) is 56.2 Å². The number of carbonyl (C=O) groups excluding carboxylic acids is 2. The van der Waals surface area contributed by atoms with E-state index in [0.717, 1.165) is 24.8 Å². The van der Waals surface area contributed by atoms with Gasteiger partial charge in [-0.3, -0.25) is 9.10 Å². The smallest absolute Gasteiger partial charge is 0.338 e. The zero-order valence-corrected chi connectivity index (χ0v) is 17.7. The van der Waals surface area contributed by atoms with Crippen LogP contribution in [0, 0.1) is 0 Å². The zero-order valence-electron chi connectivity index (χ0n) is 16.8. The number of benzene rings is 1. The predicted molar refractivity (Wildman–Crippen MR) is 107 cm³/mol. The second-order valence-corrected chi connectivity index (χ2v) is 9.82. The van der Waals surface area contributed by atoms with Gasteiger partial charge in [-0.1, -0.05) is 0 Å². The molecule has 1 aromatic rings. The minimum Gasteiger partial charge on any atom is -0.452 e. The van der Waals surface area contributed by atoms with Gasteiger partial charge in [-0.15, -0.1) is 0 Å². The van der Waals surface area contributed by atoms with Crippen molar-refractivity contribution in [2.24, 2.45) is 0 Å². The molecule has 0 unspecified atom stereocenters. The van der Waals surface area contributed by atoms with Gasteiger partial charge < -0.3 is 9.64 Å². The van der Waals surface area contributed by atoms with Crippen molar-refractivity contribution in [3.05, 3.63) is 29.3 Å². The summed E-state index contributed by atoms with van der Waals surface area (Å²) < 4.78 is 30.6. The highest BCUT2D eigenvalue weighted by molar-refractivity contribution is 7.92. The quantitative estimate of drug-likeness (QED) is 0.714. The van der Waals surface area contributed by atoms with Gasteiger partial charge in [0.2, 0.25) is 10.0 Å². The summed E-state index contributed by atoms with van der Waals surface area (Å²) in [5.41, 5.74) is 1.71. The molecule has 0 spiro atoms. The van der Waals surface area contributed by atoms with E-state index in [1.165, 1.54) is 10.6 Å². The van der Waals surface area contributed by atoms with Gasteiger partial charge in [0.1, 0.15) is 0 Å². The first kappa shape index (κ1) is 20.6. The fraction of sp³-hybridized carbons (Fsp3) is 0.600. The van der Waals surface area contributed by atoms with Crippen LogP contribution in [0.1, 0.15) is 56.0 Å². The first-order valence-electron chi connectivity index (χ1n) is 9.70. The van der Waals surface area contributed by atoms with E-state index in [1.807, 2.05) is 25.7 Å². The molecule has 0 bridgehead atoms. The van der Waals surface area contributed by atoms with Gasteiger partial charge in [0.15, 0.2) is 6.61 Å². The number of anilines is 1. The molecule has 154 valence electrons. The van der Waals surface area contributed by atoms with E-state index < -0.39 is 16.0 Å². The number of esters is 1.